The Bertz CT molecular complexity index is 729. The summed E-state index contributed by atoms with van der Waals surface area (Å²) in [7, 11) is -3.65. The number of carboxylic acid groups (broad SMARTS) is 1. The summed E-state index contributed by atoms with van der Waals surface area (Å²) in [6.45, 7) is 3.91. The summed E-state index contributed by atoms with van der Waals surface area (Å²) in [5.74, 6) is -1.49. The molecule has 2 rings (SSSR count). The predicted molar refractivity (Wildman–Crippen MR) is 85.1 cm³/mol. The van der Waals surface area contributed by atoms with Crippen LogP contribution >= 0.6 is 0 Å². The molecular weight excluding hydrogens is 336 g/mol. The minimum absolute atomic E-state index is 0.0336. The van der Waals surface area contributed by atoms with Crippen LogP contribution in [0.15, 0.2) is 41.8 Å². The van der Waals surface area contributed by atoms with Gasteiger partial charge in [-0.15, -0.1) is 6.58 Å². The maximum absolute atomic E-state index is 12.4. The molecule has 130 valence electrons. The van der Waals surface area contributed by atoms with E-state index < -0.39 is 22.1 Å². The number of rotatable bonds is 6. The van der Waals surface area contributed by atoms with Crippen molar-refractivity contribution in [1.82, 2.24) is 9.62 Å². The smallest absolute Gasteiger partial charge is 0.334 e. The number of ether oxygens (including phenoxy) is 1. The van der Waals surface area contributed by atoms with Crippen molar-refractivity contribution in [3.8, 4) is 0 Å². The molecule has 8 nitrogen and oxygen atoms in total. The van der Waals surface area contributed by atoms with Crippen molar-refractivity contribution in [3.05, 3.63) is 42.5 Å². The minimum Gasteiger partial charge on any atom is -0.479 e. The zero-order chi connectivity index (χ0) is 17.7. The first-order chi connectivity index (χ1) is 11.3. The summed E-state index contributed by atoms with van der Waals surface area (Å²) in [4.78, 5) is 24.8. The number of hydrogen-bond donors (Lipinski definition) is 2. The molecule has 1 fully saturated rings. The van der Waals surface area contributed by atoms with Crippen LogP contribution in [0.3, 0.4) is 0 Å². The van der Waals surface area contributed by atoms with Gasteiger partial charge in [0.2, 0.25) is 10.0 Å². The van der Waals surface area contributed by atoms with Gasteiger partial charge in [0.15, 0.2) is 6.10 Å². The molecule has 0 saturated carbocycles. The number of amides is 1. The predicted octanol–water partition coefficient (Wildman–Crippen LogP) is 0.0765. The van der Waals surface area contributed by atoms with E-state index in [2.05, 4.69) is 11.3 Å². The Labute approximate surface area is 139 Å². The van der Waals surface area contributed by atoms with E-state index in [9.17, 15) is 18.0 Å². The lowest BCUT2D eigenvalue weighted by molar-refractivity contribution is -0.154. The van der Waals surface area contributed by atoms with Crippen molar-refractivity contribution in [1.29, 1.82) is 0 Å². The highest BCUT2D eigenvalue weighted by Crippen LogP contribution is 2.14. The third kappa shape index (κ3) is 4.19. The molecule has 1 atom stereocenters. The van der Waals surface area contributed by atoms with E-state index in [1.165, 1.54) is 35.2 Å². The number of sulfonamides is 1. The first-order valence-electron chi connectivity index (χ1n) is 7.19. The van der Waals surface area contributed by atoms with Gasteiger partial charge in [-0.2, -0.15) is 0 Å². The molecule has 2 N–H and O–H groups in total. The molecule has 0 bridgehead atoms. The molecule has 1 saturated heterocycles. The quantitative estimate of drug-likeness (QED) is 0.700. The lowest BCUT2D eigenvalue weighted by atomic mass is 10.1. The molecule has 1 heterocycles. The molecule has 24 heavy (non-hydrogen) atoms. The first kappa shape index (κ1) is 18.1. The van der Waals surface area contributed by atoms with E-state index in [1.54, 1.807) is 0 Å². The van der Waals surface area contributed by atoms with E-state index in [0.717, 1.165) is 0 Å². The van der Waals surface area contributed by atoms with Gasteiger partial charge in [0.25, 0.3) is 5.91 Å². The molecule has 1 aromatic rings. The first-order valence-corrected chi connectivity index (χ1v) is 8.68. The Hall–Kier alpha value is -2.23. The Kier molecular flexibility index (Phi) is 5.71. The standard InChI is InChI=1S/C15H18N2O6S/c1-2-7-16-24(21,22)12-5-3-11(4-6-12)14(18)17-8-9-23-13(10-17)15(19)20/h2-6,13,16H,1,7-10H2,(H,19,20). The lowest BCUT2D eigenvalue weighted by Gasteiger charge is -2.30. The molecule has 0 aliphatic carbocycles. The molecule has 1 amide bonds. The number of hydrogen-bond acceptors (Lipinski definition) is 5. The zero-order valence-electron chi connectivity index (χ0n) is 12.8. The number of carboxylic acids is 1. The Morgan fingerprint density at radius 2 is 2.04 bits per heavy atom. The number of carbonyl (C=O) groups is 2. The summed E-state index contributed by atoms with van der Waals surface area (Å²) in [5, 5.41) is 8.96. The summed E-state index contributed by atoms with van der Waals surface area (Å²) in [6.07, 6.45) is 0.373. The average molecular weight is 354 g/mol. The van der Waals surface area contributed by atoms with Crippen LogP contribution in [0, 0.1) is 0 Å². The molecule has 1 unspecified atom stereocenters. The molecule has 0 spiro atoms. The number of morpholine rings is 1. The number of nitrogens with one attached hydrogen (secondary N) is 1. The Balaban J connectivity index is 2.11. The van der Waals surface area contributed by atoms with Gasteiger partial charge in [0, 0.05) is 18.7 Å². The molecule has 1 aromatic carbocycles. The minimum atomic E-state index is -3.65. The fourth-order valence-electron chi connectivity index (χ4n) is 2.19. The van der Waals surface area contributed by atoms with Crippen molar-refractivity contribution in [3.63, 3.8) is 0 Å². The van der Waals surface area contributed by atoms with Gasteiger partial charge in [0.1, 0.15) is 0 Å². The van der Waals surface area contributed by atoms with Crippen LogP contribution < -0.4 is 4.72 Å². The normalized spacial score (nSPS) is 18.2. The van der Waals surface area contributed by atoms with Crippen LogP contribution in [0.2, 0.25) is 0 Å². The van der Waals surface area contributed by atoms with Gasteiger partial charge in [-0.25, -0.2) is 17.9 Å². The van der Waals surface area contributed by atoms with Gasteiger partial charge < -0.3 is 14.7 Å². The van der Waals surface area contributed by atoms with Crippen LogP contribution in [-0.2, 0) is 19.6 Å². The monoisotopic (exact) mass is 354 g/mol. The average Bonchev–Trinajstić information content (AvgIpc) is 2.59. The van der Waals surface area contributed by atoms with Crippen LogP contribution in [0.25, 0.3) is 0 Å². The second-order valence-corrected chi connectivity index (χ2v) is 6.88. The maximum atomic E-state index is 12.4. The highest BCUT2D eigenvalue weighted by Gasteiger charge is 2.29. The van der Waals surface area contributed by atoms with Crippen molar-refractivity contribution >= 4 is 21.9 Å². The van der Waals surface area contributed by atoms with Crippen LogP contribution in [-0.4, -0.2) is 62.6 Å². The lowest BCUT2D eigenvalue weighted by Crippen LogP contribution is -2.48. The largest absolute Gasteiger partial charge is 0.479 e. The van der Waals surface area contributed by atoms with E-state index in [0.29, 0.717) is 0 Å². The molecule has 1 aliphatic rings. The van der Waals surface area contributed by atoms with Gasteiger partial charge >= 0.3 is 5.97 Å². The van der Waals surface area contributed by atoms with Gasteiger partial charge in [-0.1, -0.05) is 6.08 Å². The van der Waals surface area contributed by atoms with Crippen LogP contribution in [0.1, 0.15) is 10.4 Å². The van der Waals surface area contributed by atoms with Crippen molar-refractivity contribution in [2.75, 3.05) is 26.2 Å². The van der Waals surface area contributed by atoms with Gasteiger partial charge in [-0.05, 0) is 24.3 Å². The van der Waals surface area contributed by atoms with Crippen molar-refractivity contribution in [2.45, 2.75) is 11.0 Å². The number of nitrogens with zero attached hydrogens (tertiary/aromatic N) is 1. The SMILES string of the molecule is C=CCNS(=O)(=O)c1ccc(C(=O)N2CCOC(C(=O)O)C2)cc1. The van der Waals surface area contributed by atoms with E-state index in [4.69, 9.17) is 9.84 Å². The molecule has 1 aliphatic heterocycles. The van der Waals surface area contributed by atoms with E-state index in [-0.39, 0.29) is 42.6 Å². The van der Waals surface area contributed by atoms with Crippen LogP contribution in [0.5, 0.6) is 0 Å². The highest BCUT2D eigenvalue weighted by atomic mass is 32.2. The summed E-state index contributed by atoms with van der Waals surface area (Å²) >= 11 is 0. The number of carbonyl (C=O) groups excluding carboxylic acids is 1. The van der Waals surface area contributed by atoms with E-state index >= 15 is 0 Å². The highest BCUT2D eigenvalue weighted by molar-refractivity contribution is 7.89. The molecule has 0 aromatic heterocycles. The van der Waals surface area contributed by atoms with Gasteiger partial charge in [-0.3, -0.25) is 4.79 Å². The summed E-state index contributed by atoms with van der Waals surface area (Å²) in [5.41, 5.74) is 0.281. The fraction of sp³-hybridized carbons (Fsp3) is 0.333. The number of benzene rings is 1. The molecule has 9 heteroatoms. The molecular formula is C15H18N2O6S. The topological polar surface area (TPSA) is 113 Å². The third-order valence-electron chi connectivity index (χ3n) is 3.46. The Morgan fingerprint density at radius 1 is 1.38 bits per heavy atom. The number of aliphatic carboxylic acids is 1. The fourth-order valence-corrected chi connectivity index (χ4v) is 3.19. The second-order valence-electron chi connectivity index (χ2n) is 5.11. The summed E-state index contributed by atoms with van der Waals surface area (Å²) < 4.78 is 31.3. The zero-order valence-corrected chi connectivity index (χ0v) is 13.7. The third-order valence-corrected chi connectivity index (χ3v) is 4.90. The van der Waals surface area contributed by atoms with Crippen molar-refractivity contribution < 1.29 is 27.9 Å². The summed E-state index contributed by atoms with van der Waals surface area (Å²) in [6, 6.07) is 5.45. The maximum Gasteiger partial charge on any atom is 0.334 e. The van der Waals surface area contributed by atoms with Gasteiger partial charge in [0.05, 0.1) is 18.0 Å². The second kappa shape index (κ2) is 7.56. The molecule has 0 radical (unpaired) electrons. The van der Waals surface area contributed by atoms with E-state index in [1.807, 2.05) is 0 Å². The van der Waals surface area contributed by atoms with Crippen LogP contribution in [0.4, 0.5) is 0 Å². The Morgan fingerprint density at radius 3 is 2.62 bits per heavy atom. The van der Waals surface area contributed by atoms with Crippen molar-refractivity contribution in [2.24, 2.45) is 0 Å².